The van der Waals surface area contributed by atoms with Crippen molar-refractivity contribution in [3.8, 4) is 0 Å². The molecule has 1 amide bonds. The summed E-state index contributed by atoms with van der Waals surface area (Å²) in [6.07, 6.45) is 2.83. The average Bonchev–Trinajstić information content (AvgIpc) is 2.76. The SMILES string of the molecule is Cl.O=C1CCCN1CCCNCc1ccccc1. The van der Waals surface area contributed by atoms with E-state index in [0.717, 1.165) is 45.4 Å². The molecule has 1 aromatic rings. The third kappa shape index (κ3) is 4.67. The molecule has 18 heavy (non-hydrogen) atoms. The van der Waals surface area contributed by atoms with Gasteiger partial charge < -0.3 is 10.2 Å². The van der Waals surface area contributed by atoms with Crippen LogP contribution in [0.5, 0.6) is 0 Å². The van der Waals surface area contributed by atoms with E-state index in [-0.39, 0.29) is 12.4 Å². The van der Waals surface area contributed by atoms with Crippen molar-refractivity contribution in [3.05, 3.63) is 35.9 Å². The summed E-state index contributed by atoms with van der Waals surface area (Å²) in [5.74, 6) is 0.327. The van der Waals surface area contributed by atoms with Gasteiger partial charge in [0.05, 0.1) is 0 Å². The van der Waals surface area contributed by atoms with Crippen LogP contribution in [0.15, 0.2) is 30.3 Å². The Morgan fingerprint density at radius 2 is 2.00 bits per heavy atom. The Bertz CT molecular complexity index is 356. The van der Waals surface area contributed by atoms with Crippen LogP contribution in [0.1, 0.15) is 24.8 Å². The molecular formula is C14H21ClN2O. The Balaban J connectivity index is 0.00000162. The number of carbonyl (C=O) groups is 1. The zero-order valence-electron chi connectivity index (χ0n) is 10.6. The number of amides is 1. The van der Waals surface area contributed by atoms with E-state index in [1.54, 1.807) is 0 Å². The van der Waals surface area contributed by atoms with Gasteiger partial charge in [0.25, 0.3) is 0 Å². The Labute approximate surface area is 115 Å². The summed E-state index contributed by atoms with van der Waals surface area (Å²) >= 11 is 0. The number of halogens is 1. The van der Waals surface area contributed by atoms with Crippen LogP contribution in [0.2, 0.25) is 0 Å². The van der Waals surface area contributed by atoms with Gasteiger partial charge in [-0.05, 0) is 24.9 Å². The third-order valence-corrected chi connectivity index (χ3v) is 3.12. The van der Waals surface area contributed by atoms with Gasteiger partial charge in [0.2, 0.25) is 5.91 Å². The van der Waals surface area contributed by atoms with Crippen LogP contribution in [0.3, 0.4) is 0 Å². The molecule has 4 heteroatoms. The van der Waals surface area contributed by atoms with Gasteiger partial charge in [-0.3, -0.25) is 4.79 Å². The first-order valence-corrected chi connectivity index (χ1v) is 6.39. The quantitative estimate of drug-likeness (QED) is 0.803. The van der Waals surface area contributed by atoms with Crippen molar-refractivity contribution in [2.24, 2.45) is 0 Å². The molecule has 1 heterocycles. The van der Waals surface area contributed by atoms with Crippen LogP contribution in [0.25, 0.3) is 0 Å². The van der Waals surface area contributed by atoms with Gasteiger partial charge in [0, 0.05) is 26.1 Å². The lowest BCUT2D eigenvalue weighted by molar-refractivity contribution is -0.127. The number of benzene rings is 1. The summed E-state index contributed by atoms with van der Waals surface area (Å²) < 4.78 is 0. The molecule has 0 saturated carbocycles. The second-order valence-corrected chi connectivity index (χ2v) is 4.50. The maximum absolute atomic E-state index is 11.4. The third-order valence-electron chi connectivity index (χ3n) is 3.12. The fourth-order valence-corrected chi connectivity index (χ4v) is 2.16. The zero-order chi connectivity index (χ0) is 11.9. The summed E-state index contributed by atoms with van der Waals surface area (Å²) in [7, 11) is 0. The van der Waals surface area contributed by atoms with Gasteiger partial charge in [-0.2, -0.15) is 0 Å². The minimum atomic E-state index is 0. The van der Waals surface area contributed by atoms with Gasteiger partial charge in [0.1, 0.15) is 0 Å². The van der Waals surface area contributed by atoms with Crippen LogP contribution in [-0.4, -0.2) is 30.4 Å². The van der Waals surface area contributed by atoms with Crippen LogP contribution >= 0.6 is 12.4 Å². The summed E-state index contributed by atoms with van der Waals surface area (Å²) in [6, 6.07) is 10.4. The Hall–Kier alpha value is -1.06. The van der Waals surface area contributed by atoms with Gasteiger partial charge in [-0.15, -0.1) is 12.4 Å². The molecule has 0 radical (unpaired) electrons. The highest BCUT2D eigenvalue weighted by Crippen LogP contribution is 2.09. The average molecular weight is 269 g/mol. The minimum Gasteiger partial charge on any atom is -0.343 e. The van der Waals surface area contributed by atoms with Gasteiger partial charge in [-0.1, -0.05) is 30.3 Å². The molecule has 3 nitrogen and oxygen atoms in total. The maximum atomic E-state index is 11.4. The maximum Gasteiger partial charge on any atom is 0.222 e. The molecule has 100 valence electrons. The van der Waals surface area contributed by atoms with Crippen molar-refractivity contribution in [2.45, 2.75) is 25.8 Å². The molecule has 1 aliphatic rings. The largest absolute Gasteiger partial charge is 0.343 e. The summed E-state index contributed by atoms with van der Waals surface area (Å²) in [4.78, 5) is 13.3. The van der Waals surface area contributed by atoms with E-state index >= 15 is 0 Å². The van der Waals surface area contributed by atoms with Gasteiger partial charge >= 0.3 is 0 Å². The van der Waals surface area contributed by atoms with Crippen LogP contribution in [0.4, 0.5) is 0 Å². The Morgan fingerprint density at radius 3 is 2.67 bits per heavy atom. The molecule has 0 atom stereocenters. The van der Waals surface area contributed by atoms with Crippen molar-refractivity contribution >= 4 is 18.3 Å². The van der Waals surface area contributed by atoms with Crippen LogP contribution in [0, 0.1) is 0 Å². The second kappa shape index (κ2) is 8.11. The highest BCUT2D eigenvalue weighted by Gasteiger charge is 2.18. The van der Waals surface area contributed by atoms with Crippen molar-refractivity contribution in [2.75, 3.05) is 19.6 Å². The van der Waals surface area contributed by atoms with E-state index in [9.17, 15) is 4.79 Å². The van der Waals surface area contributed by atoms with Gasteiger partial charge in [0.15, 0.2) is 0 Å². The monoisotopic (exact) mass is 268 g/mol. The molecule has 0 aromatic heterocycles. The number of likely N-dealkylation sites (tertiary alicyclic amines) is 1. The predicted molar refractivity (Wildman–Crippen MR) is 75.8 cm³/mol. The minimum absolute atomic E-state index is 0. The predicted octanol–water partition coefficient (Wildman–Crippen LogP) is 2.21. The van der Waals surface area contributed by atoms with E-state index in [0.29, 0.717) is 5.91 Å². The van der Waals surface area contributed by atoms with Crippen molar-refractivity contribution in [1.82, 2.24) is 10.2 Å². The van der Waals surface area contributed by atoms with E-state index in [2.05, 4.69) is 29.6 Å². The molecule has 0 spiro atoms. The lowest BCUT2D eigenvalue weighted by Gasteiger charge is -2.15. The Kier molecular flexibility index (Phi) is 6.76. The number of hydrogen-bond acceptors (Lipinski definition) is 2. The first-order chi connectivity index (χ1) is 8.36. The van der Waals surface area contributed by atoms with Crippen molar-refractivity contribution in [1.29, 1.82) is 0 Å². The number of rotatable bonds is 6. The van der Waals surface area contributed by atoms with E-state index in [4.69, 9.17) is 0 Å². The molecule has 1 aliphatic heterocycles. The van der Waals surface area contributed by atoms with Crippen molar-refractivity contribution < 1.29 is 4.79 Å². The molecule has 1 N–H and O–H groups in total. The van der Waals surface area contributed by atoms with E-state index < -0.39 is 0 Å². The fourth-order valence-electron chi connectivity index (χ4n) is 2.16. The molecule has 0 bridgehead atoms. The topological polar surface area (TPSA) is 32.3 Å². The lowest BCUT2D eigenvalue weighted by atomic mass is 10.2. The summed E-state index contributed by atoms with van der Waals surface area (Å²) in [6.45, 7) is 3.74. The summed E-state index contributed by atoms with van der Waals surface area (Å²) in [5, 5.41) is 3.40. The smallest absolute Gasteiger partial charge is 0.222 e. The van der Waals surface area contributed by atoms with Gasteiger partial charge in [-0.25, -0.2) is 0 Å². The highest BCUT2D eigenvalue weighted by molar-refractivity contribution is 5.85. The molecule has 0 aliphatic carbocycles. The molecule has 1 aromatic carbocycles. The first-order valence-electron chi connectivity index (χ1n) is 6.39. The molecule has 1 fully saturated rings. The fraction of sp³-hybridized carbons (Fsp3) is 0.500. The molecule has 2 rings (SSSR count). The van der Waals surface area contributed by atoms with Crippen molar-refractivity contribution in [3.63, 3.8) is 0 Å². The highest BCUT2D eigenvalue weighted by atomic mass is 35.5. The standard InChI is InChI=1S/C14H20N2O.ClH/c17-14-8-4-10-16(14)11-5-9-15-12-13-6-2-1-3-7-13;/h1-3,6-7,15H,4-5,8-12H2;1H. The molecular weight excluding hydrogens is 248 g/mol. The zero-order valence-corrected chi connectivity index (χ0v) is 11.4. The normalized spacial score (nSPS) is 14.7. The summed E-state index contributed by atoms with van der Waals surface area (Å²) in [5.41, 5.74) is 1.31. The number of carbonyl (C=O) groups excluding carboxylic acids is 1. The first kappa shape index (κ1) is 15.0. The second-order valence-electron chi connectivity index (χ2n) is 4.50. The van der Waals surface area contributed by atoms with Crippen LogP contribution < -0.4 is 5.32 Å². The van der Waals surface area contributed by atoms with E-state index in [1.165, 1.54) is 5.56 Å². The van der Waals surface area contributed by atoms with Crippen LogP contribution in [-0.2, 0) is 11.3 Å². The number of nitrogens with zero attached hydrogens (tertiary/aromatic N) is 1. The van der Waals surface area contributed by atoms with E-state index in [1.807, 2.05) is 11.0 Å². The Morgan fingerprint density at radius 1 is 1.22 bits per heavy atom. The number of hydrogen-bond donors (Lipinski definition) is 1. The molecule has 1 saturated heterocycles. The lowest BCUT2D eigenvalue weighted by Crippen LogP contribution is -2.28. The number of nitrogens with one attached hydrogen (secondary N) is 1. The molecule has 0 unspecified atom stereocenters.